The summed E-state index contributed by atoms with van der Waals surface area (Å²) >= 11 is 1.58. The minimum absolute atomic E-state index is 0.0600. The van der Waals surface area contributed by atoms with Crippen molar-refractivity contribution in [2.45, 2.75) is 49.6 Å². The Morgan fingerprint density at radius 3 is 2.86 bits per heavy atom. The molecule has 1 unspecified atom stereocenters. The summed E-state index contributed by atoms with van der Waals surface area (Å²) in [6, 6.07) is 10.1. The van der Waals surface area contributed by atoms with E-state index in [2.05, 4.69) is 28.5 Å². The van der Waals surface area contributed by atoms with Crippen molar-refractivity contribution < 1.29 is 9.21 Å². The van der Waals surface area contributed by atoms with Gasteiger partial charge >= 0.3 is 0 Å². The van der Waals surface area contributed by atoms with Gasteiger partial charge in [0.1, 0.15) is 5.76 Å². The van der Waals surface area contributed by atoms with Crippen LogP contribution in [0.25, 0.3) is 0 Å². The van der Waals surface area contributed by atoms with Gasteiger partial charge in [0.15, 0.2) is 10.9 Å². The molecule has 146 valence electrons. The van der Waals surface area contributed by atoms with Crippen LogP contribution < -0.4 is 5.32 Å². The van der Waals surface area contributed by atoms with Crippen LogP contribution in [0.3, 0.4) is 0 Å². The summed E-state index contributed by atoms with van der Waals surface area (Å²) < 4.78 is 7.70. The number of nitrogens with zero attached hydrogens (tertiary/aromatic N) is 2. The van der Waals surface area contributed by atoms with E-state index < -0.39 is 0 Å². The molecule has 0 saturated heterocycles. The fourth-order valence-electron chi connectivity index (χ4n) is 3.58. The number of rotatable bonds is 6. The van der Waals surface area contributed by atoms with E-state index in [1.807, 2.05) is 30.8 Å². The number of carbonyl (C=O) groups excluding carboxylic acids is 1. The first kappa shape index (κ1) is 18.9. The van der Waals surface area contributed by atoms with Gasteiger partial charge in [0.05, 0.1) is 11.8 Å². The Morgan fingerprint density at radius 2 is 2.07 bits per heavy atom. The van der Waals surface area contributed by atoms with E-state index in [0.717, 1.165) is 22.9 Å². The fraction of sp³-hybridized carbons (Fsp3) is 0.364. The molecule has 1 amide bonds. The van der Waals surface area contributed by atoms with Crippen molar-refractivity contribution in [2.75, 3.05) is 0 Å². The lowest BCUT2D eigenvalue weighted by Crippen LogP contribution is -2.26. The largest absolute Gasteiger partial charge is 0.455 e. The highest BCUT2D eigenvalue weighted by atomic mass is 32.2. The van der Waals surface area contributed by atoms with Gasteiger partial charge in [0, 0.05) is 19.4 Å². The highest BCUT2D eigenvalue weighted by Gasteiger charge is 2.17. The van der Waals surface area contributed by atoms with Crippen LogP contribution in [0.2, 0.25) is 0 Å². The van der Waals surface area contributed by atoms with Gasteiger partial charge in [-0.3, -0.25) is 4.79 Å². The number of furan rings is 1. The van der Waals surface area contributed by atoms with Gasteiger partial charge in [0.2, 0.25) is 0 Å². The number of fused-ring (bicyclic) bond motifs is 1. The van der Waals surface area contributed by atoms with E-state index in [-0.39, 0.29) is 11.9 Å². The van der Waals surface area contributed by atoms with Gasteiger partial charge in [-0.1, -0.05) is 30.0 Å². The molecule has 1 aliphatic carbocycles. The number of thioether (sulfide) groups is 1. The maximum Gasteiger partial charge on any atom is 0.287 e. The Kier molecular flexibility index (Phi) is 5.57. The summed E-state index contributed by atoms with van der Waals surface area (Å²) in [6.45, 7) is 2.02. The first-order valence-corrected chi connectivity index (χ1v) is 10.7. The number of amides is 1. The van der Waals surface area contributed by atoms with Crippen molar-refractivity contribution in [1.29, 1.82) is 0 Å². The Hall–Kier alpha value is -2.47. The molecule has 28 heavy (non-hydrogen) atoms. The zero-order valence-corrected chi connectivity index (χ0v) is 17.1. The number of aromatic nitrogens is 2. The topological polar surface area (TPSA) is 60.1 Å². The van der Waals surface area contributed by atoms with Crippen LogP contribution in [-0.2, 0) is 25.6 Å². The Balaban J connectivity index is 1.37. The molecule has 0 saturated carbocycles. The monoisotopic (exact) mass is 395 g/mol. The van der Waals surface area contributed by atoms with Crippen molar-refractivity contribution in [3.8, 4) is 0 Å². The summed E-state index contributed by atoms with van der Waals surface area (Å²) in [4.78, 5) is 16.9. The second kappa shape index (κ2) is 8.27. The summed E-state index contributed by atoms with van der Waals surface area (Å²) in [5, 5.41) is 3.98. The highest BCUT2D eigenvalue weighted by Crippen LogP contribution is 2.25. The van der Waals surface area contributed by atoms with Gasteiger partial charge in [-0.25, -0.2) is 4.98 Å². The second-order valence-electron chi connectivity index (χ2n) is 7.31. The zero-order chi connectivity index (χ0) is 19.5. The highest BCUT2D eigenvalue weighted by molar-refractivity contribution is 7.98. The fourth-order valence-corrected chi connectivity index (χ4v) is 4.40. The lowest BCUT2D eigenvalue weighted by molar-refractivity contribution is 0.0910. The van der Waals surface area contributed by atoms with Crippen molar-refractivity contribution in [1.82, 2.24) is 14.9 Å². The van der Waals surface area contributed by atoms with Gasteiger partial charge in [-0.05, 0) is 61.4 Å². The zero-order valence-electron chi connectivity index (χ0n) is 16.3. The molecule has 1 aromatic carbocycles. The van der Waals surface area contributed by atoms with Gasteiger partial charge in [-0.15, -0.1) is 0 Å². The van der Waals surface area contributed by atoms with Crippen LogP contribution in [0, 0.1) is 0 Å². The molecule has 2 heterocycles. The smallest absolute Gasteiger partial charge is 0.287 e. The van der Waals surface area contributed by atoms with E-state index in [0.29, 0.717) is 11.5 Å². The Labute approximate surface area is 169 Å². The van der Waals surface area contributed by atoms with Crippen molar-refractivity contribution in [3.05, 3.63) is 70.9 Å². The van der Waals surface area contributed by atoms with Crippen LogP contribution in [0.15, 0.2) is 52.3 Å². The number of nitrogens with one attached hydrogen (secondary N) is 1. The Morgan fingerprint density at radius 1 is 1.25 bits per heavy atom. The second-order valence-corrected chi connectivity index (χ2v) is 8.25. The van der Waals surface area contributed by atoms with E-state index >= 15 is 0 Å². The Bertz CT molecular complexity index is 976. The van der Waals surface area contributed by atoms with Crippen LogP contribution in [0.4, 0.5) is 0 Å². The third-order valence-electron chi connectivity index (χ3n) is 5.23. The third kappa shape index (κ3) is 4.17. The number of hydrogen-bond donors (Lipinski definition) is 1. The van der Waals surface area contributed by atoms with E-state index in [1.165, 1.54) is 30.4 Å². The maximum absolute atomic E-state index is 12.6. The summed E-state index contributed by atoms with van der Waals surface area (Å²) in [5.74, 6) is 1.57. The molecule has 5 nitrogen and oxygen atoms in total. The van der Waals surface area contributed by atoms with E-state index in [9.17, 15) is 4.79 Å². The van der Waals surface area contributed by atoms with Gasteiger partial charge in [-0.2, -0.15) is 0 Å². The minimum atomic E-state index is -0.182. The molecule has 0 fully saturated rings. The van der Waals surface area contributed by atoms with Gasteiger partial charge < -0.3 is 14.3 Å². The van der Waals surface area contributed by atoms with Crippen molar-refractivity contribution in [3.63, 3.8) is 0 Å². The molecule has 0 spiro atoms. The molecule has 0 radical (unpaired) electrons. The first-order chi connectivity index (χ1) is 13.6. The van der Waals surface area contributed by atoms with E-state index in [1.54, 1.807) is 24.0 Å². The molecule has 6 heteroatoms. The number of imidazole rings is 1. The number of carbonyl (C=O) groups is 1. The molecular formula is C22H25N3O2S. The quantitative estimate of drug-likeness (QED) is 0.616. The summed E-state index contributed by atoms with van der Waals surface area (Å²) in [7, 11) is 1.96. The summed E-state index contributed by atoms with van der Waals surface area (Å²) in [5.41, 5.74) is 4.02. The first-order valence-electron chi connectivity index (χ1n) is 9.71. The third-order valence-corrected chi connectivity index (χ3v) is 6.31. The van der Waals surface area contributed by atoms with Crippen LogP contribution in [0.1, 0.15) is 58.8 Å². The maximum atomic E-state index is 12.6. The van der Waals surface area contributed by atoms with Crippen LogP contribution in [0.5, 0.6) is 0 Å². The standard InChI is InChI=1S/C22H25N3O2S/c1-15(17-8-7-16-5-3-4-6-18(16)13-17)24-21(26)20-10-9-19(27-20)14-28-22-23-11-12-25(22)2/h7-13,15H,3-6,14H2,1-2H3,(H,24,26). The molecule has 0 aliphatic heterocycles. The van der Waals surface area contributed by atoms with Crippen LogP contribution >= 0.6 is 11.8 Å². The van der Waals surface area contributed by atoms with Crippen LogP contribution in [-0.4, -0.2) is 15.5 Å². The minimum Gasteiger partial charge on any atom is -0.455 e. The lowest BCUT2D eigenvalue weighted by Gasteiger charge is -2.19. The molecule has 1 N–H and O–H groups in total. The van der Waals surface area contributed by atoms with Gasteiger partial charge in [0.25, 0.3) is 5.91 Å². The van der Waals surface area contributed by atoms with E-state index in [4.69, 9.17) is 4.42 Å². The molecule has 1 aliphatic rings. The molecule has 0 bridgehead atoms. The molecule has 1 atom stereocenters. The molecule has 2 aromatic heterocycles. The lowest BCUT2D eigenvalue weighted by atomic mass is 9.89. The summed E-state index contributed by atoms with van der Waals surface area (Å²) in [6.07, 6.45) is 8.51. The number of hydrogen-bond acceptors (Lipinski definition) is 4. The normalized spacial score (nSPS) is 14.5. The number of aryl methyl sites for hydroxylation is 3. The molecule has 3 aromatic rings. The average Bonchev–Trinajstić information content (AvgIpc) is 3.35. The number of benzene rings is 1. The predicted octanol–water partition coefficient (Wildman–Crippen LogP) is 4.68. The molecular weight excluding hydrogens is 370 g/mol. The average molecular weight is 396 g/mol. The SMILES string of the molecule is CC(NC(=O)c1ccc(CSc2nccn2C)o1)c1ccc2c(c1)CCCC2. The van der Waals surface area contributed by atoms with Crippen molar-refractivity contribution in [2.24, 2.45) is 7.05 Å². The van der Waals surface area contributed by atoms with Crippen molar-refractivity contribution >= 4 is 17.7 Å². The molecule has 4 rings (SSSR count). The predicted molar refractivity (Wildman–Crippen MR) is 110 cm³/mol.